The van der Waals surface area contributed by atoms with Crippen LogP contribution in [0, 0.1) is 17.7 Å². The molecule has 2 rings (SSSR count). The summed E-state index contributed by atoms with van der Waals surface area (Å²) in [5.41, 5.74) is 0.302. The summed E-state index contributed by atoms with van der Waals surface area (Å²) in [6.07, 6.45) is 0. The summed E-state index contributed by atoms with van der Waals surface area (Å²) in [4.78, 5) is 11.7. The van der Waals surface area contributed by atoms with Gasteiger partial charge in [-0.3, -0.25) is 4.79 Å². The van der Waals surface area contributed by atoms with E-state index in [4.69, 9.17) is 0 Å². The number of nitrogens with one attached hydrogen (secondary N) is 1. The minimum absolute atomic E-state index is 0. The molecule has 1 amide bonds. The van der Waals surface area contributed by atoms with E-state index in [1.54, 1.807) is 30.3 Å². The number of anilines is 1. The van der Waals surface area contributed by atoms with Crippen molar-refractivity contribution in [2.75, 3.05) is 5.32 Å². The van der Waals surface area contributed by atoms with Gasteiger partial charge in [0.1, 0.15) is 5.82 Å². The molecule has 0 aromatic heterocycles. The van der Waals surface area contributed by atoms with Crippen LogP contribution in [0.15, 0.2) is 42.5 Å². The standard InChI is InChI=1S/C13H8F2NO.Ti/c14-10-6-7-12(11(15)8-10)16-13(17)9-4-2-1-3-5-9;/h1-7H,(H,16,17);. The van der Waals surface area contributed by atoms with Crippen LogP contribution in [0.25, 0.3) is 0 Å². The molecule has 0 unspecified atom stereocenters. The van der Waals surface area contributed by atoms with Crippen LogP contribution in [0.3, 0.4) is 0 Å². The van der Waals surface area contributed by atoms with E-state index in [2.05, 4.69) is 5.32 Å². The minimum Gasteiger partial charge on any atom is -0.319 e. The second-order valence-electron chi connectivity index (χ2n) is 3.35. The van der Waals surface area contributed by atoms with Crippen LogP contribution in [-0.4, -0.2) is 5.91 Å². The molecule has 0 spiro atoms. The minimum atomic E-state index is -0.922. The van der Waals surface area contributed by atoms with Crippen LogP contribution in [0.2, 0.25) is 0 Å². The van der Waals surface area contributed by atoms with Gasteiger partial charge in [-0.15, -0.1) is 0 Å². The van der Waals surface area contributed by atoms with Crippen LogP contribution < -0.4 is 5.32 Å². The van der Waals surface area contributed by atoms with E-state index in [9.17, 15) is 13.6 Å². The molecule has 1 radical (unpaired) electrons. The zero-order valence-electron chi connectivity index (χ0n) is 9.21. The molecular weight excluding hydrogens is 272 g/mol. The van der Waals surface area contributed by atoms with E-state index in [-0.39, 0.29) is 27.4 Å². The van der Waals surface area contributed by atoms with Gasteiger partial charge < -0.3 is 5.32 Å². The predicted octanol–water partition coefficient (Wildman–Crippen LogP) is 3.01. The number of hydrogen-bond acceptors (Lipinski definition) is 1. The molecule has 2 aromatic rings. The quantitative estimate of drug-likeness (QED) is 0.842. The maximum absolute atomic E-state index is 13.2. The Balaban J connectivity index is 0.00000162. The molecule has 0 aliphatic heterocycles. The Bertz CT molecular complexity index is 546. The first-order chi connectivity index (χ1) is 8.16. The third-order valence-corrected chi connectivity index (χ3v) is 2.15. The molecule has 2 nitrogen and oxygen atoms in total. The van der Waals surface area contributed by atoms with Gasteiger partial charge in [-0.1, -0.05) is 18.2 Å². The molecule has 0 atom stereocenters. The smallest absolute Gasteiger partial charge is 0.255 e. The molecule has 0 heterocycles. The molecule has 0 saturated heterocycles. The molecule has 0 aliphatic rings. The van der Waals surface area contributed by atoms with Crippen molar-refractivity contribution in [1.29, 1.82) is 0 Å². The van der Waals surface area contributed by atoms with Gasteiger partial charge in [0.15, 0.2) is 5.82 Å². The molecule has 0 saturated carbocycles. The number of rotatable bonds is 2. The molecule has 18 heavy (non-hydrogen) atoms. The van der Waals surface area contributed by atoms with Crippen molar-refractivity contribution in [3.8, 4) is 0 Å². The fourth-order valence-corrected chi connectivity index (χ4v) is 1.32. The van der Waals surface area contributed by atoms with Gasteiger partial charge >= 0.3 is 0 Å². The fraction of sp³-hybridized carbons (Fsp3) is 0. The Kier molecular flexibility index (Phi) is 5.19. The summed E-state index contributed by atoms with van der Waals surface area (Å²) in [5.74, 6) is -2.18. The van der Waals surface area contributed by atoms with Gasteiger partial charge in [0, 0.05) is 27.3 Å². The number of halogens is 2. The number of amides is 1. The van der Waals surface area contributed by atoms with Crippen LogP contribution in [0.4, 0.5) is 14.5 Å². The summed E-state index contributed by atoms with van der Waals surface area (Å²) in [6, 6.07) is 12.4. The first-order valence-corrected chi connectivity index (χ1v) is 4.90. The maximum Gasteiger partial charge on any atom is 0.255 e. The predicted molar refractivity (Wildman–Crippen MR) is 59.6 cm³/mol. The second kappa shape index (κ2) is 6.43. The van der Waals surface area contributed by atoms with Gasteiger partial charge in [0.25, 0.3) is 5.91 Å². The van der Waals surface area contributed by atoms with E-state index in [0.29, 0.717) is 5.56 Å². The van der Waals surface area contributed by atoms with E-state index >= 15 is 0 Å². The van der Waals surface area contributed by atoms with Crippen molar-refractivity contribution in [2.24, 2.45) is 0 Å². The first kappa shape index (κ1) is 14.5. The van der Waals surface area contributed by atoms with Gasteiger partial charge in [-0.05, 0) is 24.3 Å². The zero-order valence-corrected chi connectivity index (χ0v) is 10.8. The third kappa shape index (κ3) is 3.49. The van der Waals surface area contributed by atoms with E-state index in [1.165, 1.54) is 0 Å². The first-order valence-electron chi connectivity index (χ1n) is 4.90. The summed E-state index contributed by atoms with van der Waals surface area (Å²) in [5, 5.41) is 2.34. The average Bonchev–Trinajstić information content (AvgIpc) is 2.34. The average molecular weight is 280 g/mol. The van der Waals surface area contributed by atoms with Crippen molar-refractivity contribution < 1.29 is 35.3 Å². The molecule has 5 heteroatoms. The van der Waals surface area contributed by atoms with Crippen molar-refractivity contribution in [3.63, 3.8) is 0 Å². The van der Waals surface area contributed by atoms with E-state index in [1.807, 2.05) is 6.07 Å². The van der Waals surface area contributed by atoms with E-state index in [0.717, 1.165) is 12.1 Å². The van der Waals surface area contributed by atoms with Gasteiger partial charge in [-0.2, -0.15) is 0 Å². The Morgan fingerprint density at radius 3 is 2.33 bits per heavy atom. The maximum atomic E-state index is 13.2. The van der Waals surface area contributed by atoms with Crippen LogP contribution >= 0.6 is 0 Å². The SMILES string of the molecule is O=C(Nc1ccc(F)[c]c1F)c1ccccc1.[Ti]. The largest absolute Gasteiger partial charge is 0.319 e. The fourth-order valence-electron chi connectivity index (χ4n) is 1.32. The van der Waals surface area contributed by atoms with Crippen LogP contribution in [0.1, 0.15) is 10.4 Å². The number of hydrogen-bond donors (Lipinski definition) is 1. The van der Waals surface area contributed by atoms with Gasteiger partial charge in [-0.25, -0.2) is 8.78 Å². The molecule has 89 valence electrons. The van der Waals surface area contributed by atoms with Crippen molar-refractivity contribution >= 4 is 11.6 Å². The normalized spacial score (nSPS) is 9.44. The second-order valence-corrected chi connectivity index (χ2v) is 3.35. The van der Waals surface area contributed by atoms with Crippen molar-refractivity contribution in [3.05, 3.63) is 65.7 Å². The number of carbonyl (C=O) groups is 1. The monoisotopic (exact) mass is 280 g/mol. The molecule has 0 bridgehead atoms. The third-order valence-electron chi connectivity index (χ3n) is 2.15. The van der Waals surface area contributed by atoms with Crippen LogP contribution in [0.5, 0.6) is 0 Å². The topological polar surface area (TPSA) is 29.1 Å². The van der Waals surface area contributed by atoms with Crippen LogP contribution in [-0.2, 0) is 21.7 Å². The molecule has 2 aromatic carbocycles. The van der Waals surface area contributed by atoms with Gasteiger partial charge in [0.05, 0.1) is 11.8 Å². The van der Waals surface area contributed by atoms with Crippen molar-refractivity contribution in [1.82, 2.24) is 0 Å². The molecule has 0 aliphatic carbocycles. The number of benzene rings is 2. The number of carbonyl (C=O) groups excluding carboxylic acids is 1. The summed E-state index contributed by atoms with van der Waals surface area (Å²) >= 11 is 0. The summed E-state index contributed by atoms with van der Waals surface area (Å²) in [7, 11) is 0. The van der Waals surface area contributed by atoms with Gasteiger partial charge in [0.2, 0.25) is 0 Å². The Morgan fingerprint density at radius 2 is 1.72 bits per heavy atom. The summed E-state index contributed by atoms with van der Waals surface area (Å²) in [6.45, 7) is 0. The Hall–Kier alpha value is -1.52. The molecular formula is C13H8F2NOTi. The van der Waals surface area contributed by atoms with Crippen molar-refractivity contribution in [2.45, 2.75) is 0 Å². The van der Waals surface area contributed by atoms with E-state index < -0.39 is 17.5 Å². The summed E-state index contributed by atoms with van der Waals surface area (Å²) < 4.78 is 25.8. The zero-order chi connectivity index (χ0) is 12.3. The molecule has 1 N–H and O–H groups in total. The Labute approximate surface area is 118 Å². The Morgan fingerprint density at radius 1 is 1.06 bits per heavy atom. The molecule has 0 fully saturated rings.